The number of rotatable bonds is 3. The number of carbonyl (C=O) groups is 2. The highest BCUT2D eigenvalue weighted by molar-refractivity contribution is 6.05. The van der Waals surface area contributed by atoms with Gasteiger partial charge >= 0.3 is 5.97 Å². The molecule has 0 aromatic heterocycles. The van der Waals surface area contributed by atoms with Crippen molar-refractivity contribution in [3.05, 3.63) is 41.0 Å². The summed E-state index contributed by atoms with van der Waals surface area (Å²) in [5, 5.41) is 0. The quantitative estimate of drug-likeness (QED) is 0.782. The maximum absolute atomic E-state index is 12.0. The molecule has 19 heavy (non-hydrogen) atoms. The minimum Gasteiger partial charge on any atom is -0.463 e. The van der Waals surface area contributed by atoms with E-state index in [1.165, 1.54) is 5.56 Å². The fourth-order valence-corrected chi connectivity index (χ4v) is 2.29. The molecule has 0 fully saturated rings. The van der Waals surface area contributed by atoms with Gasteiger partial charge in [0.15, 0.2) is 0 Å². The average molecular weight is 258 g/mol. The number of allylic oxidation sites excluding steroid dienone is 1. The first-order valence-corrected chi connectivity index (χ1v) is 6.59. The highest BCUT2D eigenvalue weighted by Crippen LogP contribution is 2.31. The fraction of sp³-hybridized carbons (Fsp3) is 0.375. The highest BCUT2D eigenvalue weighted by Gasteiger charge is 2.25. The van der Waals surface area contributed by atoms with Gasteiger partial charge < -0.3 is 4.74 Å². The van der Waals surface area contributed by atoms with Crippen LogP contribution in [0, 0.1) is 6.92 Å². The molecule has 1 aliphatic rings. The van der Waals surface area contributed by atoms with Crippen molar-refractivity contribution >= 4 is 17.3 Å². The fourth-order valence-electron chi connectivity index (χ4n) is 2.29. The second-order valence-electron chi connectivity index (χ2n) is 4.76. The molecular weight excluding hydrogens is 240 g/mol. The van der Waals surface area contributed by atoms with Crippen molar-refractivity contribution in [2.45, 2.75) is 33.1 Å². The molecule has 1 aromatic carbocycles. The summed E-state index contributed by atoms with van der Waals surface area (Å²) in [6.07, 6.45) is 1.32. The smallest absolute Gasteiger partial charge is 0.334 e. The predicted molar refractivity (Wildman–Crippen MR) is 73.6 cm³/mol. The van der Waals surface area contributed by atoms with Gasteiger partial charge in [0.2, 0.25) is 0 Å². The summed E-state index contributed by atoms with van der Waals surface area (Å²) >= 11 is 0. The normalized spacial score (nSPS) is 15.6. The Morgan fingerprint density at radius 2 is 1.89 bits per heavy atom. The van der Waals surface area contributed by atoms with Gasteiger partial charge in [-0.1, -0.05) is 29.8 Å². The number of ether oxygens (including phenoxy) is 1. The zero-order valence-corrected chi connectivity index (χ0v) is 11.4. The lowest BCUT2D eigenvalue weighted by Crippen LogP contribution is -2.17. The Hall–Kier alpha value is -1.90. The molecule has 0 aliphatic heterocycles. The molecular formula is C16H18O3. The summed E-state index contributed by atoms with van der Waals surface area (Å²) in [4.78, 5) is 23.5. The van der Waals surface area contributed by atoms with Gasteiger partial charge in [0.1, 0.15) is 5.78 Å². The van der Waals surface area contributed by atoms with Gasteiger partial charge in [-0.15, -0.1) is 0 Å². The van der Waals surface area contributed by atoms with Gasteiger partial charge in [0.25, 0.3) is 0 Å². The topological polar surface area (TPSA) is 43.4 Å². The number of benzene rings is 1. The average Bonchev–Trinajstić information content (AvgIpc) is 2.40. The number of hydrogen-bond donors (Lipinski definition) is 0. The van der Waals surface area contributed by atoms with Crippen molar-refractivity contribution in [2.24, 2.45) is 0 Å². The number of carbonyl (C=O) groups excluding carboxylic acids is 2. The molecule has 0 radical (unpaired) electrons. The van der Waals surface area contributed by atoms with E-state index in [0.29, 0.717) is 25.0 Å². The molecule has 0 saturated heterocycles. The van der Waals surface area contributed by atoms with E-state index < -0.39 is 0 Å². The van der Waals surface area contributed by atoms with Gasteiger partial charge in [-0.25, -0.2) is 4.79 Å². The first kappa shape index (κ1) is 13.5. The molecule has 3 nitrogen and oxygen atoms in total. The predicted octanol–water partition coefficient (Wildman–Crippen LogP) is 3.06. The second-order valence-corrected chi connectivity index (χ2v) is 4.76. The highest BCUT2D eigenvalue weighted by atomic mass is 16.5. The van der Waals surface area contributed by atoms with E-state index in [1.54, 1.807) is 6.92 Å². The van der Waals surface area contributed by atoms with Gasteiger partial charge in [-0.3, -0.25) is 4.79 Å². The molecule has 0 bridgehead atoms. The Labute approximate surface area is 113 Å². The van der Waals surface area contributed by atoms with E-state index in [9.17, 15) is 9.59 Å². The first-order chi connectivity index (χ1) is 9.11. The maximum Gasteiger partial charge on any atom is 0.334 e. The summed E-state index contributed by atoms with van der Waals surface area (Å²) in [6.45, 7) is 4.13. The molecule has 0 atom stereocenters. The van der Waals surface area contributed by atoms with Crippen molar-refractivity contribution in [3.63, 3.8) is 0 Å². The van der Waals surface area contributed by atoms with Crippen LogP contribution in [0.2, 0.25) is 0 Å². The first-order valence-electron chi connectivity index (χ1n) is 6.59. The van der Waals surface area contributed by atoms with Crippen LogP contribution < -0.4 is 0 Å². The van der Waals surface area contributed by atoms with E-state index in [1.807, 2.05) is 31.2 Å². The SMILES string of the molecule is CCOC(=O)C1=C(c2ccc(C)cc2)CCC(=O)C1. The van der Waals surface area contributed by atoms with Crippen molar-refractivity contribution in [1.82, 2.24) is 0 Å². The van der Waals surface area contributed by atoms with Crippen molar-refractivity contribution in [1.29, 1.82) is 0 Å². The second kappa shape index (κ2) is 5.83. The minimum atomic E-state index is -0.355. The molecule has 100 valence electrons. The summed E-state index contributed by atoms with van der Waals surface area (Å²) in [5.74, 6) is -0.245. The van der Waals surface area contributed by atoms with Crippen molar-refractivity contribution < 1.29 is 14.3 Å². The number of aryl methyl sites for hydroxylation is 1. The third kappa shape index (κ3) is 3.11. The van der Waals surface area contributed by atoms with Crippen LogP contribution in [0.3, 0.4) is 0 Å². The van der Waals surface area contributed by atoms with E-state index in [0.717, 1.165) is 11.1 Å². The van der Waals surface area contributed by atoms with Crippen LogP contribution in [0.25, 0.3) is 5.57 Å². The molecule has 1 aliphatic carbocycles. The number of hydrogen-bond acceptors (Lipinski definition) is 3. The summed E-state index contributed by atoms with van der Waals surface area (Å²) in [5.41, 5.74) is 3.68. The van der Waals surface area contributed by atoms with E-state index in [4.69, 9.17) is 4.74 Å². The molecule has 0 amide bonds. The van der Waals surface area contributed by atoms with E-state index in [2.05, 4.69) is 0 Å². The van der Waals surface area contributed by atoms with Gasteiger partial charge in [-0.2, -0.15) is 0 Å². The van der Waals surface area contributed by atoms with Crippen LogP contribution in [-0.2, 0) is 14.3 Å². The maximum atomic E-state index is 12.0. The van der Waals surface area contributed by atoms with E-state index in [-0.39, 0.29) is 18.2 Å². The molecule has 0 saturated carbocycles. The largest absolute Gasteiger partial charge is 0.463 e. The van der Waals surface area contributed by atoms with Gasteiger partial charge in [-0.05, 0) is 31.4 Å². The molecule has 1 aromatic rings. The molecule has 0 unspecified atom stereocenters. The Morgan fingerprint density at radius 3 is 2.53 bits per heavy atom. The lowest BCUT2D eigenvalue weighted by Gasteiger charge is -2.19. The third-order valence-corrected chi connectivity index (χ3v) is 3.31. The minimum absolute atomic E-state index is 0.110. The lowest BCUT2D eigenvalue weighted by atomic mass is 9.86. The van der Waals surface area contributed by atoms with Gasteiger partial charge in [0.05, 0.1) is 6.61 Å². The molecule has 3 heteroatoms. The van der Waals surface area contributed by atoms with E-state index >= 15 is 0 Å². The summed E-state index contributed by atoms with van der Waals surface area (Å²) in [6, 6.07) is 8.03. The van der Waals surface area contributed by atoms with Crippen LogP contribution in [0.1, 0.15) is 37.3 Å². The van der Waals surface area contributed by atoms with Crippen molar-refractivity contribution in [2.75, 3.05) is 6.61 Å². The third-order valence-electron chi connectivity index (χ3n) is 3.31. The molecule has 2 rings (SSSR count). The Kier molecular flexibility index (Phi) is 4.15. The van der Waals surface area contributed by atoms with Crippen LogP contribution in [-0.4, -0.2) is 18.4 Å². The summed E-state index contributed by atoms with van der Waals surface area (Å²) < 4.78 is 5.06. The number of Topliss-reactive ketones (excluding diaryl/α,β-unsaturated/α-hetero) is 1. The number of esters is 1. The monoisotopic (exact) mass is 258 g/mol. The summed E-state index contributed by atoms with van der Waals surface area (Å²) in [7, 11) is 0. The van der Waals surface area contributed by atoms with Crippen LogP contribution >= 0.6 is 0 Å². The van der Waals surface area contributed by atoms with Crippen molar-refractivity contribution in [3.8, 4) is 0 Å². The van der Waals surface area contributed by atoms with Crippen LogP contribution in [0.5, 0.6) is 0 Å². The van der Waals surface area contributed by atoms with Gasteiger partial charge in [0, 0.05) is 18.4 Å². The Morgan fingerprint density at radius 1 is 1.21 bits per heavy atom. The molecule has 0 N–H and O–H groups in total. The molecule has 0 spiro atoms. The zero-order chi connectivity index (χ0) is 13.8. The lowest BCUT2D eigenvalue weighted by molar-refractivity contribution is -0.139. The number of ketones is 1. The molecule has 0 heterocycles. The Bertz CT molecular complexity index is 523. The Balaban J connectivity index is 2.41. The van der Waals surface area contributed by atoms with Crippen LogP contribution in [0.4, 0.5) is 0 Å². The van der Waals surface area contributed by atoms with Crippen LogP contribution in [0.15, 0.2) is 29.8 Å². The standard InChI is InChI=1S/C16H18O3/c1-3-19-16(18)15-10-13(17)8-9-14(15)12-6-4-11(2)5-7-12/h4-7H,3,8-10H2,1-2H3. The zero-order valence-electron chi connectivity index (χ0n) is 11.4.